The quantitative estimate of drug-likeness (QED) is 0.849. The highest BCUT2D eigenvalue weighted by molar-refractivity contribution is 5.94. The van der Waals surface area contributed by atoms with E-state index in [1.807, 2.05) is 6.92 Å². The molecule has 0 fully saturated rings. The van der Waals surface area contributed by atoms with Crippen LogP contribution in [-0.2, 0) is 0 Å². The average Bonchev–Trinajstić information content (AvgIpc) is 2.26. The summed E-state index contributed by atoms with van der Waals surface area (Å²) >= 11 is 0. The molecule has 1 unspecified atom stereocenters. The van der Waals surface area contributed by atoms with Gasteiger partial charge in [0.05, 0.1) is 11.8 Å². The Morgan fingerprint density at radius 2 is 2.00 bits per heavy atom. The standard InChI is InChI=1S/C12H18N2O2/c1-8(2)9(3)14(4)12(16)10-5-11(15)7-13-6-10/h5-9,15H,1-4H3. The van der Waals surface area contributed by atoms with E-state index in [1.54, 1.807) is 11.9 Å². The molecule has 0 bridgehead atoms. The minimum Gasteiger partial charge on any atom is -0.506 e. The topological polar surface area (TPSA) is 53.4 Å². The fourth-order valence-electron chi connectivity index (χ4n) is 1.38. The van der Waals surface area contributed by atoms with Gasteiger partial charge < -0.3 is 10.0 Å². The summed E-state index contributed by atoms with van der Waals surface area (Å²) in [5.74, 6) is 0.278. The van der Waals surface area contributed by atoms with Crippen LogP contribution in [0.5, 0.6) is 5.75 Å². The van der Waals surface area contributed by atoms with E-state index in [4.69, 9.17) is 0 Å². The smallest absolute Gasteiger partial charge is 0.255 e. The Morgan fingerprint density at radius 3 is 2.50 bits per heavy atom. The summed E-state index contributed by atoms with van der Waals surface area (Å²) in [6.45, 7) is 6.13. The van der Waals surface area contributed by atoms with Crippen molar-refractivity contribution in [2.45, 2.75) is 26.8 Å². The lowest BCUT2D eigenvalue weighted by molar-refractivity contribution is 0.0706. The molecule has 1 amide bonds. The molecule has 1 rings (SSSR count). The molecule has 0 aliphatic rings. The van der Waals surface area contributed by atoms with Crippen molar-refractivity contribution in [3.63, 3.8) is 0 Å². The Kier molecular flexibility index (Phi) is 3.88. The molecule has 4 heteroatoms. The number of hydrogen-bond acceptors (Lipinski definition) is 3. The van der Waals surface area contributed by atoms with Crippen LogP contribution in [0.2, 0.25) is 0 Å². The lowest BCUT2D eigenvalue weighted by Gasteiger charge is -2.27. The molecule has 1 aromatic heterocycles. The molecule has 16 heavy (non-hydrogen) atoms. The molecular formula is C12H18N2O2. The largest absolute Gasteiger partial charge is 0.506 e. The van der Waals surface area contributed by atoms with Crippen molar-refractivity contribution in [3.05, 3.63) is 24.0 Å². The van der Waals surface area contributed by atoms with E-state index in [9.17, 15) is 9.90 Å². The van der Waals surface area contributed by atoms with Gasteiger partial charge in [-0.3, -0.25) is 9.78 Å². The number of aromatic hydroxyl groups is 1. The number of aromatic nitrogens is 1. The first-order valence-electron chi connectivity index (χ1n) is 5.34. The summed E-state index contributed by atoms with van der Waals surface area (Å²) in [5, 5.41) is 9.26. The first kappa shape index (κ1) is 12.5. The maximum absolute atomic E-state index is 12.0. The molecule has 0 saturated carbocycles. The number of carbonyl (C=O) groups excluding carboxylic acids is 1. The van der Waals surface area contributed by atoms with Crippen molar-refractivity contribution in [1.82, 2.24) is 9.88 Å². The van der Waals surface area contributed by atoms with Crippen LogP contribution in [0.25, 0.3) is 0 Å². The third-order valence-corrected chi connectivity index (χ3v) is 2.87. The predicted octanol–water partition coefficient (Wildman–Crippen LogP) is 1.90. The van der Waals surface area contributed by atoms with Crippen molar-refractivity contribution < 1.29 is 9.90 Å². The molecule has 1 heterocycles. The van der Waals surface area contributed by atoms with Gasteiger partial charge in [0.25, 0.3) is 5.91 Å². The van der Waals surface area contributed by atoms with Gasteiger partial charge in [0.1, 0.15) is 5.75 Å². The van der Waals surface area contributed by atoms with Gasteiger partial charge in [-0.1, -0.05) is 13.8 Å². The molecule has 0 saturated heterocycles. The monoisotopic (exact) mass is 222 g/mol. The number of amides is 1. The SMILES string of the molecule is CC(C)C(C)N(C)C(=O)c1cncc(O)c1. The molecule has 4 nitrogen and oxygen atoms in total. The highest BCUT2D eigenvalue weighted by Gasteiger charge is 2.20. The second-order valence-corrected chi connectivity index (χ2v) is 4.33. The fourth-order valence-corrected chi connectivity index (χ4v) is 1.38. The van der Waals surface area contributed by atoms with Crippen LogP contribution >= 0.6 is 0 Å². The first-order valence-corrected chi connectivity index (χ1v) is 5.34. The molecule has 0 aliphatic heterocycles. The van der Waals surface area contributed by atoms with Gasteiger partial charge in [0, 0.05) is 19.3 Å². The van der Waals surface area contributed by atoms with E-state index in [-0.39, 0.29) is 17.7 Å². The first-order chi connectivity index (χ1) is 7.43. The summed E-state index contributed by atoms with van der Waals surface area (Å²) < 4.78 is 0. The molecule has 1 atom stereocenters. The highest BCUT2D eigenvalue weighted by Crippen LogP contribution is 2.14. The molecule has 1 aromatic rings. The Balaban J connectivity index is 2.86. The summed E-state index contributed by atoms with van der Waals surface area (Å²) in [6, 6.07) is 1.58. The summed E-state index contributed by atoms with van der Waals surface area (Å²) in [5.41, 5.74) is 0.412. The lowest BCUT2D eigenvalue weighted by atomic mass is 10.0. The van der Waals surface area contributed by atoms with Crippen LogP contribution in [0.4, 0.5) is 0 Å². The zero-order valence-corrected chi connectivity index (χ0v) is 10.1. The Morgan fingerprint density at radius 1 is 1.38 bits per heavy atom. The molecule has 0 aromatic carbocycles. The van der Waals surface area contributed by atoms with Crippen LogP contribution in [0.3, 0.4) is 0 Å². The van der Waals surface area contributed by atoms with Crippen LogP contribution in [0.15, 0.2) is 18.5 Å². The Hall–Kier alpha value is -1.58. The summed E-state index contributed by atoms with van der Waals surface area (Å²) in [7, 11) is 1.76. The van der Waals surface area contributed by atoms with Crippen LogP contribution in [0, 0.1) is 5.92 Å². The molecule has 1 N–H and O–H groups in total. The van der Waals surface area contributed by atoms with Crippen molar-refractivity contribution in [2.24, 2.45) is 5.92 Å². The van der Waals surface area contributed by atoms with Gasteiger partial charge in [0.2, 0.25) is 0 Å². The molecule has 88 valence electrons. The number of carbonyl (C=O) groups is 1. The van der Waals surface area contributed by atoms with Crippen LogP contribution < -0.4 is 0 Å². The zero-order valence-electron chi connectivity index (χ0n) is 10.1. The van der Waals surface area contributed by atoms with Crippen LogP contribution in [-0.4, -0.2) is 34.0 Å². The van der Waals surface area contributed by atoms with Gasteiger partial charge >= 0.3 is 0 Å². The third-order valence-electron chi connectivity index (χ3n) is 2.87. The van der Waals surface area contributed by atoms with E-state index < -0.39 is 0 Å². The Bertz CT molecular complexity index is 377. The molecule has 0 spiro atoms. The summed E-state index contributed by atoms with van der Waals surface area (Å²) in [4.78, 5) is 17.5. The van der Waals surface area contributed by atoms with E-state index in [1.165, 1.54) is 18.5 Å². The number of rotatable bonds is 3. The van der Waals surface area contributed by atoms with Crippen molar-refractivity contribution >= 4 is 5.91 Å². The normalized spacial score (nSPS) is 12.6. The number of nitrogens with zero attached hydrogens (tertiary/aromatic N) is 2. The number of hydrogen-bond donors (Lipinski definition) is 1. The molecule has 0 radical (unpaired) electrons. The van der Waals surface area contributed by atoms with E-state index in [2.05, 4.69) is 18.8 Å². The van der Waals surface area contributed by atoms with Gasteiger partial charge in [-0.15, -0.1) is 0 Å². The molecular weight excluding hydrogens is 204 g/mol. The second kappa shape index (κ2) is 4.96. The predicted molar refractivity (Wildman–Crippen MR) is 62.3 cm³/mol. The maximum atomic E-state index is 12.0. The molecule has 0 aliphatic carbocycles. The average molecular weight is 222 g/mol. The van der Waals surface area contributed by atoms with E-state index >= 15 is 0 Å². The van der Waals surface area contributed by atoms with Gasteiger partial charge in [-0.25, -0.2) is 0 Å². The minimum atomic E-state index is -0.121. The van der Waals surface area contributed by atoms with Gasteiger partial charge in [-0.2, -0.15) is 0 Å². The second-order valence-electron chi connectivity index (χ2n) is 4.33. The Labute approximate surface area is 95.9 Å². The van der Waals surface area contributed by atoms with E-state index in [0.29, 0.717) is 11.5 Å². The highest BCUT2D eigenvalue weighted by atomic mass is 16.3. The number of pyridine rings is 1. The van der Waals surface area contributed by atoms with Crippen molar-refractivity contribution in [2.75, 3.05) is 7.05 Å². The summed E-state index contributed by atoms with van der Waals surface area (Å²) in [6.07, 6.45) is 2.77. The van der Waals surface area contributed by atoms with Gasteiger partial charge in [-0.05, 0) is 18.9 Å². The minimum absolute atomic E-state index is 0.0106. The van der Waals surface area contributed by atoms with Gasteiger partial charge in [0.15, 0.2) is 0 Å². The third kappa shape index (κ3) is 2.72. The van der Waals surface area contributed by atoms with E-state index in [0.717, 1.165) is 0 Å². The van der Waals surface area contributed by atoms with Crippen LogP contribution in [0.1, 0.15) is 31.1 Å². The van der Waals surface area contributed by atoms with Crippen molar-refractivity contribution in [3.8, 4) is 5.75 Å². The maximum Gasteiger partial charge on any atom is 0.255 e. The zero-order chi connectivity index (χ0) is 12.3. The lowest BCUT2D eigenvalue weighted by Crippen LogP contribution is -2.38. The van der Waals surface area contributed by atoms with Crippen molar-refractivity contribution in [1.29, 1.82) is 0 Å². The fraction of sp³-hybridized carbons (Fsp3) is 0.500.